The van der Waals surface area contributed by atoms with Gasteiger partial charge in [0, 0.05) is 13.6 Å². The van der Waals surface area contributed by atoms with Crippen molar-refractivity contribution in [1.82, 2.24) is 4.90 Å². The van der Waals surface area contributed by atoms with Crippen LogP contribution in [0.2, 0.25) is 0 Å². The number of alkyl halides is 3. The van der Waals surface area contributed by atoms with E-state index in [1.807, 2.05) is 0 Å². The van der Waals surface area contributed by atoms with Crippen molar-refractivity contribution in [1.29, 1.82) is 0 Å². The third-order valence-electron chi connectivity index (χ3n) is 2.83. The molecule has 0 saturated heterocycles. The van der Waals surface area contributed by atoms with Crippen molar-refractivity contribution in [3.63, 3.8) is 0 Å². The number of halogens is 3. The van der Waals surface area contributed by atoms with E-state index in [1.165, 1.54) is 7.05 Å². The molecule has 0 aromatic carbocycles. The number of carbonyl (C=O) groups is 1. The van der Waals surface area contributed by atoms with Gasteiger partial charge in [-0.3, -0.25) is 4.79 Å². The van der Waals surface area contributed by atoms with E-state index in [0.717, 1.165) is 4.90 Å². The summed E-state index contributed by atoms with van der Waals surface area (Å²) in [7, 11) is 1.28. The van der Waals surface area contributed by atoms with Gasteiger partial charge in [0.05, 0.1) is 6.42 Å². The molecule has 17 heavy (non-hydrogen) atoms. The number of hydrogen-bond acceptors (Lipinski definition) is 3. The molecule has 0 aliphatic heterocycles. The van der Waals surface area contributed by atoms with Gasteiger partial charge in [-0.25, -0.2) is 0 Å². The molecule has 0 spiro atoms. The molecular weight excluding hydrogens is 239 g/mol. The van der Waals surface area contributed by atoms with Crippen molar-refractivity contribution in [3.8, 4) is 0 Å². The Morgan fingerprint density at radius 1 is 1.53 bits per heavy atom. The van der Waals surface area contributed by atoms with Gasteiger partial charge >= 0.3 is 6.18 Å². The van der Waals surface area contributed by atoms with E-state index < -0.39 is 30.5 Å². The van der Waals surface area contributed by atoms with E-state index in [0.29, 0.717) is 12.8 Å². The molecule has 1 aliphatic carbocycles. The number of amides is 1. The molecule has 0 unspecified atom stereocenters. The lowest BCUT2D eigenvalue weighted by Gasteiger charge is -2.23. The van der Waals surface area contributed by atoms with Crippen LogP contribution in [0.3, 0.4) is 0 Å². The summed E-state index contributed by atoms with van der Waals surface area (Å²) in [4.78, 5) is 12.8. The first kappa shape index (κ1) is 13.6. The highest BCUT2D eigenvalue weighted by Gasteiger charge is 2.55. The molecule has 0 bridgehead atoms. The van der Waals surface area contributed by atoms with Gasteiger partial charge in [-0.2, -0.15) is 13.2 Å². The number of carbonyl (C=O) groups excluding carboxylic acids is 1. The number of nitrogens with two attached hydrogens (primary N) is 1. The van der Waals surface area contributed by atoms with Crippen LogP contribution in [0.1, 0.15) is 19.3 Å². The zero-order valence-electron chi connectivity index (χ0n) is 9.29. The molecule has 8 heteroatoms. The Hall–Kier alpha value is -1.47. The third kappa shape index (κ3) is 3.01. The zero-order valence-corrected chi connectivity index (χ0v) is 9.29. The Morgan fingerprint density at radius 3 is 2.41 bits per heavy atom. The Kier molecular flexibility index (Phi) is 3.53. The summed E-state index contributed by atoms with van der Waals surface area (Å²) in [6.45, 7) is -0.428. The number of nitrogens with zero attached hydrogens (tertiary/aromatic N) is 2. The monoisotopic (exact) mass is 253 g/mol. The molecule has 98 valence electrons. The third-order valence-corrected chi connectivity index (χ3v) is 2.83. The first-order valence-corrected chi connectivity index (χ1v) is 5.03. The van der Waals surface area contributed by atoms with Crippen molar-refractivity contribution >= 4 is 11.7 Å². The molecule has 1 saturated carbocycles. The minimum Gasteiger partial charge on any atom is -0.409 e. The first-order chi connectivity index (χ1) is 7.73. The maximum Gasteiger partial charge on any atom is 0.390 e. The van der Waals surface area contributed by atoms with Crippen LogP contribution in [0, 0.1) is 5.41 Å². The molecule has 0 radical (unpaired) electrons. The van der Waals surface area contributed by atoms with E-state index >= 15 is 0 Å². The topological polar surface area (TPSA) is 78.9 Å². The molecule has 5 nitrogen and oxygen atoms in total. The Bertz CT molecular complexity index is 337. The van der Waals surface area contributed by atoms with Crippen LogP contribution in [0.25, 0.3) is 0 Å². The van der Waals surface area contributed by atoms with E-state index in [1.54, 1.807) is 0 Å². The summed E-state index contributed by atoms with van der Waals surface area (Å²) >= 11 is 0. The predicted molar refractivity (Wildman–Crippen MR) is 53.4 cm³/mol. The van der Waals surface area contributed by atoms with Crippen molar-refractivity contribution in [2.75, 3.05) is 13.6 Å². The van der Waals surface area contributed by atoms with Crippen LogP contribution < -0.4 is 5.73 Å². The fourth-order valence-corrected chi connectivity index (χ4v) is 1.56. The number of amidine groups is 1. The van der Waals surface area contributed by atoms with Gasteiger partial charge in [0.2, 0.25) is 5.91 Å². The number of oxime groups is 1. The molecule has 1 aliphatic rings. The minimum atomic E-state index is -4.30. The lowest BCUT2D eigenvalue weighted by Crippen LogP contribution is -2.42. The van der Waals surface area contributed by atoms with Crippen molar-refractivity contribution < 1.29 is 23.2 Å². The highest BCUT2D eigenvalue weighted by molar-refractivity contribution is 6.09. The van der Waals surface area contributed by atoms with Crippen molar-refractivity contribution in [2.45, 2.75) is 25.4 Å². The second kappa shape index (κ2) is 4.42. The molecule has 1 fully saturated rings. The zero-order chi connectivity index (χ0) is 13.3. The summed E-state index contributed by atoms with van der Waals surface area (Å²) in [6, 6.07) is 0. The molecule has 3 N–H and O–H groups in total. The fourth-order valence-electron chi connectivity index (χ4n) is 1.56. The minimum absolute atomic E-state index is 0.235. The first-order valence-electron chi connectivity index (χ1n) is 5.03. The summed E-state index contributed by atoms with van der Waals surface area (Å²) in [6.07, 6.45) is -4.57. The lowest BCUT2D eigenvalue weighted by molar-refractivity contribution is -0.145. The second-order valence-corrected chi connectivity index (χ2v) is 4.16. The van der Waals surface area contributed by atoms with Crippen LogP contribution in [0.15, 0.2) is 5.16 Å². The maximum absolute atomic E-state index is 12.0. The van der Waals surface area contributed by atoms with Crippen LogP contribution in [0.4, 0.5) is 13.2 Å². The van der Waals surface area contributed by atoms with Crippen LogP contribution in [-0.2, 0) is 4.79 Å². The van der Waals surface area contributed by atoms with Gasteiger partial charge in [0.25, 0.3) is 0 Å². The van der Waals surface area contributed by atoms with E-state index in [4.69, 9.17) is 10.9 Å². The fraction of sp³-hybridized carbons (Fsp3) is 0.778. The Balaban J connectivity index is 2.59. The highest BCUT2D eigenvalue weighted by Crippen LogP contribution is 2.47. The predicted octanol–water partition coefficient (Wildman–Crippen LogP) is 0.924. The molecular formula is C9H14F3N3O2. The largest absolute Gasteiger partial charge is 0.409 e. The van der Waals surface area contributed by atoms with Crippen molar-refractivity contribution in [2.24, 2.45) is 16.3 Å². The van der Waals surface area contributed by atoms with Crippen LogP contribution in [0.5, 0.6) is 0 Å². The molecule has 0 aromatic heterocycles. The smallest absolute Gasteiger partial charge is 0.390 e. The summed E-state index contributed by atoms with van der Waals surface area (Å²) < 4.78 is 36.0. The standard InChI is InChI=1S/C9H14F3N3O2/c1-15(5-4-9(10,11)12)7(16)8(2-3-8)6(13)14-17/h17H,2-5H2,1H3,(H2,13,14). The van der Waals surface area contributed by atoms with Gasteiger partial charge in [-0.05, 0) is 12.8 Å². The Labute approximate surface area is 96.1 Å². The molecule has 0 heterocycles. The summed E-state index contributed by atoms with van der Waals surface area (Å²) in [5.74, 6) is -0.765. The molecule has 1 amide bonds. The summed E-state index contributed by atoms with van der Waals surface area (Å²) in [5.41, 5.74) is 4.28. The van der Waals surface area contributed by atoms with Gasteiger partial charge in [-0.15, -0.1) is 0 Å². The molecule has 0 atom stereocenters. The number of hydrogen-bond donors (Lipinski definition) is 2. The van der Waals surface area contributed by atoms with Crippen molar-refractivity contribution in [3.05, 3.63) is 0 Å². The highest BCUT2D eigenvalue weighted by atomic mass is 19.4. The van der Waals surface area contributed by atoms with E-state index in [2.05, 4.69) is 5.16 Å². The average Bonchev–Trinajstić information content (AvgIpc) is 3.03. The normalized spacial score (nSPS) is 18.9. The lowest BCUT2D eigenvalue weighted by atomic mass is 10.0. The Morgan fingerprint density at radius 2 is 2.06 bits per heavy atom. The van der Waals surface area contributed by atoms with E-state index in [9.17, 15) is 18.0 Å². The average molecular weight is 253 g/mol. The summed E-state index contributed by atoms with van der Waals surface area (Å²) in [5, 5.41) is 11.3. The van der Waals surface area contributed by atoms with Gasteiger partial charge < -0.3 is 15.8 Å². The van der Waals surface area contributed by atoms with Gasteiger partial charge in [0.15, 0.2) is 5.84 Å². The molecule has 1 rings (SSSR count). The van der Waals surface area contributed by atoms with Crippen LogP contribution >= 0.6 is 0 Å². The van der Waals surface area contributed by atoms with Gasteiger partial charge in [0.1, 0.15) is 5.41 Å². The quantitative estimate of drug-likeness (QED) is 0.338. The maximum atomic E-state index is 12.0. The molecule has 0 aromatic rings. The second-order valence-electron chi connectivity index (χ2n) is 4.16. The van der Waals surface area contributed by atoms with E-state index in [-0.39, 0.29) is 5.84 Å². The number of rotatable bonds is 4. The SMILES string of the molecule is CN(CCC(F)(F)F)C(=O)C1(C(N)=NO)CC1. The van der Waals surface area contributed by atoms with Gasteiger partial charge in [-0.1, -0.05) is 5.16 Å². The van der Waals surface area contributed by atoms with Crippen LogP contribution in [-0.4, -0.2) is 41.6 Å².